The molecule has 150 valence electrons. The molecular formula is C21H19ClFN3O2S. The fourth-order valence-electron chi connectivity index (χ4n) is 4.09. The summed E-state index contributed by atoms with van der Waals surface area (Å²) >= 11 is 7.60. The molecular weight excluding hydrogens is 413 g/mol. The van der Waals surface area contributed by atoms with E-state index in [2.05, 4.69) is 16.4 Å². The molecule has 3 aromatic rings. The van der Waals surface area contributed by atoms with Crippen LogP contribution in [0.15, 0.2) is 36.4 Å². The first-order valence-electron chi connectivity index (χ1n) is 9.60. The van der Waals surface area contributed by atoms with E-state index in [1.165, 1.54) is 23.5 Å². The molecule has 2 aromatic carbocycles. The highest BCUT2D eigenvalue weighted by molar-refractivity contribution is 7.22. The van der Waals surface area contributed by atoms with Gasteiger partial charge in [0.2, 0.25) is 0 Å². The summed E-state index contributed by atoms with van der Waals surface area (Å²) in [6.07, 6.45) is 3.38. The van der Waals surface area contributed by atoms with Gasteiger partial charge in [-0.25, -0.2) is 14.2 Å². The fraction of sp³-hybridized carbons (Fsp3) is 0.333. The lowest BCUT2D eigenvalue weighted by Gasteiger charge is -2.44. The molecule has 2 amide bonds. The Labute approximate surface area is 176 Å². The molecule has 1 N–H and O–H groups in total. The second-order valence-electron chi connectivity index (χ2n) is 7.56. The van der Waals surface area contributed by atoms with Crippen molar-refractivity contribution >= 4 is 44.3 Å². The van der Waals surface area contributed by atoms with Gasteiger partial charge in [-0.2, -0.15) is 0 Å². The number of hydrogen-bond donors (Lipinski definition) is 1. The molecule has 0 unspecified atom stereocenters. The largest absolute Gasteiger partial charge is 0.485 e. The van der Waals surface area contributed by atoms with E-state index in [9.17, 15) is 9.18 Å². The number of piperidine rings is 1. The highest BCUT2D eigenvalue weighted by Crippen LogP contribution is 2.42. The van der Waals surface area contributed by atoms with Gasteiger partial charge >= 0.3 is 6.03 Å². The molecule has 0 bridgehead atoms. The summed E-state index contributed by atoms with van der Waals surface area (Å²) in [5, 5.41) is 3.97. The van der Waals surface area contributed by atoms with Crippen LogP contribution in [0.3, 0.4) is 0 Å². The first-order chi connectivity index (χ1) is 14.0. The molecule has 5 rings (SSSR count). The second-order valence-corrected chi connectivity index (χ2v) is 9.00. The average Bonchev–Trinajstić information content (AvgIpc) is 3.10. The van der Waals surface area contributed by atoms with Crippen molar-refractivity contribution in [3.8, 4) is 5.75 Å². The molecule has 0 saturated carbocycles. The van der Waals surface area contributed by atoms with Crippen LogP contribution in [-0.2, 0) is 6.42 Å². The lowest BCUT2D eigenvalue weighted by Crippen LogP contribution is -2.52. The summed E-state index contributed by atoms with van der Waals surface area (Å²) in [6.45, 7) is 1.20. The minimum atomic E-state index is -0.311. The number of para-hydroxylation sites is 1. The molecule has 1 spiro atoms. The smallest absolute Gasteiger partial charge is 0.323 e. The molecule has 0 atom stereocenters. The maximum absolute atomic E-state index is 13.4. The summed E-state index contributed by atoms with van der Waals surface area (Å²) in [7, 11) is 0. The molecule has 29 heavy (non-hydrogen) atoms. The number of ether oxygens (including phenoxy) is 1. The topological polar surface area (TPSA) is 54.5 Å². The van der Waals surface area contributed by atoms with Crippen LogP contribution in [0.2, 0.25) is 5.02 Å². The number of nitrogens with one attached hydrogen (secondary N) is 1. The van der Waals surface area contributed by atoms with Gasteiger partial charge in [-0.05, 0) is 42.7 Å². The number of urea groups is 1. The fourth-order valence-corrected chi connectivity index (χ4v) is 5.20. The Morgan fingerprint density at radius 3 is 2.90 bits per heavy atom. The zero-order valence-electron chi connectivity index (χ0n) is 15.6. The normalized spacial score (nSPS) is 17.8. The standard InChI is InChI=1S/C21H19ClFN3O2S/c22-15-3-1-2-13-6-7-21(28-18(13)15)8-10-26(11-9-21)20(27)25-19-24-16-5-4-14(23)12-17(16)29-19/h1-5,12H,6-11H2,(H,24,25,27). The monoisotopic (exact) mass is 431 g/mol. The van der Waals surface area contributed by atoms with Gasteiger partial charge in [0.25, 0.3) is 0 Å². The molecule has 1 fully saturated rings. The summed E-state index contributed by atoms with van der Waals surface area (Å²) in [6, 6.07) is 10.1. The summed E-state index contributed by atoms with van der Waals surface area (Å²) in [5.41, 5.74) is 1.56. The lowest BCUT2D eigenvalue weighted by atomic mass is 9.83. The van der Waals surface area contributed by atoms with Gasteiger partial charge in [0.15, 0.2) is 5.13 Å². The number of amides is 2. The number of aryl methyl sites for hydroxylation is 1. The summed E-state index contributed by atoms with van der Waals surface area (Å²) < 4.78 is 20.4. The molecule has 3 heterocycles. The van der Waals surface area contributed by atoms with Gasteiger partial charge < -0.3 is 9.64 Å². The molecule has 5 nitrogen and oxygen atoms in total. The van der Waals surface area contributed by atoms with Gasteiger partial charge in [-0.1, -0.05) is 35.1 Å². The minimum Gasteiger partial charge on any atom is -0.485 e. The van der Waals surface area contributed by atoms with Crippen LogP contribution in [0.1, 0.15) is 24.8 Å². The minimum absolute atomic E-state index is 0.186. The van der Waals surface area contributed by atoms with Gasteiger partial charge in [0, 0.05) is 25.9 Å². The van der Waals surface area contributed by atoms with E-state index in [0.29, 0.717) is 33.5 Å². The van der Waals surface area contributed by atoms with Crippen molar-refractivity contribution in [2.24, 2.45) is 0 Å². The highest BCUT2D eigenvalue weighted by Gasteiger charge is 2.41. The molecule has 2 aliphatic heterocycles. The Bertz CT molecular complexity index is 1090. The maximum Gasteiger partial charge on any atom is 0.323 e. The SMILES string of the molecule is O=C(Nc1nc2ccc(F)cc2s1)N1CCC2(CCc3cccc(Cl)c3O2)CC1. The lowest BCUT2D eigenvalue weighted by molar-refractivity contribution is -0.00426. The summed E-state index contributed by atoms with van der Waals surface area (Å²) in [5.74, 6) is 0.481. The van der Waals surface area contributed by atoms with E-state index < -0.39 is 0 Å². The second kappa shape index (κ2) is 7.15. The first kappa shape index (κ1) is 18.6. The first-order valence-corrected chi connectivity index (χ1v) is 10.8. The average molecular weight is 432 g/mol. The number of carbonyl (C=O) groups is 1. The van der Waals surface area contributed by atoms with Gasteiger partial charge in [0.05, 0.1) is 15.2 Å². The van der Waals surface area contributed by atoms with Crippen molar-refractivity contribution in [1.82, 2.24) is 9.88 Å². The Morgan fingerprint density at radius 2 is 2.07 bits per heavy atom. The van der Waals surface area contributed by atoms with Crippen LogP contribution < -0.4 is 10.1 Å². The number of likely N-dealkylation sites (tertiary alicyclic amines) is 1. The zero-order chi connectivity index (χ0) is 20.0. The van der Waals surface area contributed by atoms with E-state index in [1.807, 2.05) is 12.1 Å². The Hall–Kier alpha value is -2.38. The summed E-state index contributed by atoms with van der Waals surface area (Å²) in [4.78, 5) is 18.8. The van der Waals surface area contributed by atoms with Crippen molar-refractivity contribution in [3.63, 3.8) is 0 Å². The van der Waals surface area contributed by atoms with E-state index in [0.717, 1.165) is 37.0 Å². The number of hydrogen-bond acceptors (Lipinski definition) is 4. The molecule has 0 radical (unpaired) electrons. The van der Waals surface area contributed by atoms with E-state index in [1.54, 1.807) is 11.0 Å². The third kappa shape index (κ3) is 3.53. The van der Waals surface area contributed by atoms with Crippen molar-refractivity contribution < 1.29 is 13.9 Å². The maximum atomic E-state index is 13.4. The number of rotatable bonds is 1. The molecule has 2 aliphatic rings. The Balaban J connectivity index is 1.24. The van der Waals surface area contributed by atoms with Crippen LogP contribution in [-0.4, -0.2) is 34.6 Å². The van der Waals surface area contributed by atoms with E-state index in [-0.39, 0.29) is 17.4 Å². The van der Waals surface area contributed by atoms with Gasteiger partial charge in [0.1, 0.15) is 17.2 Å². The predicted octanol–water partition coefficient (Wildman–Crippen LogP) is 5.48. The molecule has 0 aliphatic carbocycles. The Kier molecular flexibility index (Phi) is 4.59. The Morgan fingerprint density at radius 1 is 1.24 bits per heavy atom. The third-order valence-electron chi connectivity index (χ3n) is 5.74. The number of fused-ring (bicyclic) bond motifs is 2. The quantitative estimate of drug-likeness (QED) is 0.555. The number of carbonyl (C=O) groups excluding carboxylic acids is 1. The van der Waals surface area contributed by atoms with Crippen molar-refractivity contribution in [3.05, 3.63) is 52.8 Å². The van der Waals surface area contributed by atoms with Crippen molar-refractivity contribution in [1.29, 1.82) is 0 Å². The number of halogens is 2. The molecule has 1 aromatic heterocycles. The van der Waals surface area contributed by atoms with Crippen LogP contribution >= 0.6 is 22.9 Å². The van der Waals surface area contributed by atoms with E-state index >= 15 is 0 Å². The molecule has 1 saturated heterocycles. The highest BCUT2D eigenvalue weighted by atomic mass is 35.5. The van der Waals surface area contributed by atoms with Crippen LogP contribution in [0, 0.1) is 5.82 Å². The number of nitrogens with zero attached hydrogens (tertiary/aromatic N) is 2. The molecule has 8 heteroatoms. The van der Waals surface area contributed by atoms with Crippen LogP contribution in [0.4, 0.5) is 14.3 Å². The third-order valence-corrected chi connectivity index (χ3v) is 6.97. The van der Waals surface area contributed by atoms with E-state index in [4.69, 9.17) is 16.3 Å². The van der Waals surface area contributed by atoms with Crippen molar-refractivity contribution in [2.45, 2.75) is 31.3 Å². The van der Waals surface area contributed by atoms with Gasteiger partial charge in [-0.3, -0.25) is 5.32 Å². The number of thiazole rings is 1. The number of anilines is 1. The van der Waals surface area contributed by atoms with Gasteiger partial charge in [-0.15, -0.1) is 0 Å². The zero-order valence-corrected chi connectivity index (χ0v) is 17.2. The van der Waals surface area contributed by atoms with Crippen molar-refractivity contribution in [2.75, 3.05) is 18.4 Å². The van der Waals surface area contributed by atoms with Crippen LogP contribution in [0.5, 0.6) is 5.75 Å². The van der Waals surface area contributed by atoms with Crippen LogP contribution in [0.25, 0.3) is 10.2 Å². The number of benzene rings is 2. The number of aromatic nitrogens is 1. The predicted molar refractivity (Wildman–Crippen MR) is 113 cm³/mol.